The summed E-state index contributed by atoms with van der Waals surface area (Å²) >= 11 is 0. The van der Waals surface area contributed by atoms with Crippen molar-refractivity contribution in [2.45, 2.75) is 72.6 Å². The Labute approximate surface area is 147 Å². The van der Waals surface area contributed by atoms with Gasteiger partial charge in [-0.25, -0.2) is 0 Å². The Morgan fingerprint density at radius 2 is 1.67 bits per heavy atom. The molecule has 24 heavy (non-hydrogen) atoms. The van der Waals surface area contributed by atoms with Crippen LogP contribution in [-0.2, 0) is 4.79 Å². The summed E-state index contributed by atoms with van der Waals surface area (Å²) < 4.78 is 0. The Kier molecular flexibility index (Phi) is 6.60. The van der Waals surface area contributed by atoms with Crippen LogP contribution in [0.4, 0.5) is 0 Å². The first-order chi connectivity index (χ1) is 11.4. The molecule has 0 aliphatic heterocycles. The summed E-state index contributed by atoms with van der Waals surface area (Å²) in [7, 11) is 0. The number of carbonyl (C=O) groups is 1. The Balaban J connectivity index is 2.15. The van der Waals surface area contributed by atoms with Crippen LogP contribution in [0.1, 0.15) is 72.6 Å². The summed E-state index contributed by atoms with van der Waals surface area (Å²) in [6.07, 6.45) is 20.0. The minimum Gasteiger partial charge on any atom is -0.299 e. The maximum Gasteiger partial charge on any atom is 0.143 e. The third-order valence-electron chi connectivity index (χ3n) is 5.43. The fourth-order valence-corrected chi connectivity index (χ4v) is 3.93. The van der Waals surface area contributed by atoms with Crippen LogP contribution in [0.2, 0.25) is 0 Å². The number of hydrogen-bond donors (Lipinski definition) is 0. The maximum atomic E-state index is 10.8. The average molecular weight is 325 g/mol. The molecular weight excluding hydrogens is 292 g/mol. The van der Waals surface area contributed by atoms with Crippen molar-refractivity contribution in [3.63, 3.8) is 0 Å². The fraction of sp³-hybridized carbons (Fsp3) is 0.522. The third-order valence-corrected chi connectivity index (χ3v) is 5.43. The quantitative estimate of drug-likeness (QED) is 0.322. The highest BCUT2D eigenvalue weighted by Crippen LogP contribution is 2.40. The lowest BCUT2D eigenvalue weighted by Crippen LogP contribution is -2.19. The maximum absolute atomic E-state index is 10.8. The van der Waals surface area contributed by atoms with Crippen molar-refractivity contribution in [2.75, 3.05) is 0 Å². The fourth-order valence-electron chi connectivity index (χ4n) is 3.93. The second kappa shape index (κ2) is 8.46. The Morgan fingerprint density at radius 3 is 2.29 bits per heavy atom. The third kappa shape index (κ3) is 4.93. The molecule has 0 aromatic carbocycles. The molecule has 2 aliphatic carbocycles. The molecule has 0 aromatic heterocycles. The van der Waals surface area contributed by atoms with Gasteiger partial charge < -0.3 is 0 Å². The van der Waals surface area contributed by atoms with E-state index < -0.39 is 0 Å². The first-order valence-corrected chi connectivity index (χ1v) is 9.34. The van der Waals surface area contributed by atoms with Gasteiger partial charge in [-0.1, -0.05) is 49.3 Å². The lowest BCUT2D eigenvalue weighted by molar-refractivity contribution is -0.104. The zero-order valence-corrected chi connectivity index (χ0v) is 15.8. The van der Waals surface area contributed by atoms with E-state index in [4.69, 9.17) is 0 Å². The Hall–Kier alpha value is -1.63. The molecule has 2 rings (SSSR count). The molecule has 1 fully saturated rings. The van der Waals surface area contributed by atoms with Crippen molar-refractivity contribution in [1.82, 2.24) is 0 Å². The van der Waals surface area contributed by atoms with Gasteiger partial charge in [-0.05, 0) is 87.0 Å². The highest BCUT2D eigenvalue weighted by Gasteiger charge is 2.26. The van der Waals surface area contributed by atoms with Crippen LogP contribution in [0.5, 0.6) is 0 Å². The summed E-state index contributed by atoms with van der Waals surface area (Å²) in [6, 6.07) is 0. The molecule has 0 amide bonds. The normalized spacial score (nSPS) is 25.8. The first kappa shape index (κ1) is 18.7. The van der Waals surface area contributed by atoms with Gasteiger partial charge in [-0.15, -0.1) is 0 Å². The van der Waals surface area contributed by atoms with Crippen LogP contribution in [0.15, 0.2) is 58.2 Å². The zero-order valence-electron chi connectivity index (χ0n) is 15.8. The minimum atomic E-state index is 0.292. The summed E-state index contributed by atoms with van der Waals surface area (Å²) in [5, 5.41) is 0. The summed E-state index contributed by atoms with van der Waals surface area (Å²) in [4.78, 5) is 10.8. The van der Waals surface area contributed by atoms with Gasteiger partial charge >= 0.3 is 0 Å². The van der Waals surface area contributed by atoms with Gasteiger partial charge in [-0.2, -0.15) is 0 Å². The van der Waals surface area contributed by atoms with Crippen molar-refractivity contribution >= 4 is 6.29 Å². The Morgan fingerprint density at radius 1 is 1.00 bits per heavy atom. The van der Waals surface area contributed by atoms with E-state index in [0.29, 0.717) is 5.41 Å². The lowest BCUT2D eigenvalue weighted by atomic mass is 9.72. The molecule has 0 heterocycles. The van der Waals surface area contributed by atoms with Gasteiger partial charge in [0.25, 0.3) is 0 Å². The predicted octanol–water partition coefficient (Wildman–Crippen LogP) is 6.64. The van der Waals surface area contributed by atoms with Gasteiger partial charge in [0.15, 0.2) is 0 Å². The minimum absolute atomic E-state index is 0.292. The monoisotopic (exact) mass is 324 g/mol. The molecule has 0 saturated heterocycles. The van der Waals surface area contributed by atoms with E-state index in [2.05, 4.69) is 52.0 Å². The van der Waals surface area contributed by atoms with E-state index in [9.17, 15) is 4.79 Å². The van der Waals surface area contributed by atoms with Gasteiger partial charge in [0.1, 0.15) is 6.29 Å². The molecule has 1 nitrogen and oxygen atoms in total. The smallest absolute Gasteiger partial charge is 0.143 e. The van der Waals surface area contributed by atoms with E-state index in [1.165, 1.54) is 60.0 Å². The highest BCUT2D eigenvalue weighted by molar-refractivity contribution is 5.68. The molecule has 0 aromatic rings. The van der Waals surface area contributed by atoms with Crippen molar-refractivity contribution in [3.05, 3.63) is 58.2 Å². The van der Waals surface area contributed by atoms with Crippen LogP contribution in [0.25, 0.3) is 0 Å². The average Bonchev–Trinajstić information content (AvgIpc) is 2.53. The molecule has 0 N–H and O–H groups in total. The van der Waals surface area contributed by atoms with Gasteiger partial charge in [-0.3, -0.25) is 4.79 Å². The second-order valence-electron chi connectivity index (χ2n) is 7.90. The van der Waals surface area contributed by atoms with E-state index in [1.54, 1.807) is 6.08 Å². The second-order valence-corrected chi connectivity index (χ2v) is 7.90. The largest absolute Gasteiger partial charge is 0.299 e. The van der Waals surface area contributed by atoms with E-state index in [0.717, 1.165) is 19.1 Å². The van der Waals surface area contributed by atoms with Crippen molar-refractivity contribution in [2.24, 2.45) is 5.41 Å². The molecule has 0 radical (unpaired) electrons. The summed E-state index contributed by atoms with van der Waals surface area (Å²) in [5.74, 6) is 0. The molecule has 0 unspecified atom stereocenters. The topological polar surface area (TPSA) is 17.1 Å². The standard InChI is InChI=1S/C23H32O/c1-18(11-13-20-9-5-6-10-21(20)15-17-24)12-14-22-19(2)8-7-16-23(22,3)4/h11-15,17H,5-10,16H2,1-4H3/b14-12+,18-11+,20-13+,21-15+. The van der Waals surface area contributed by atoms with Crippen molar-refractivity contribution in [3.8, 4) is 0 Å². The summed E-state index contributed by atoms with van der Waals surface area (Å²) in [6.45, 7) is 9.15. The van der Waals surface area contributed by atoms with E-state index >= 15 is 0 Å². The molecule has 1 heteroatoms. The number of allylic oxidation sites excluding steroid dienone is 10. The van der Waals surface area contributed by atoms with Crippen LogP contribution in [-0.4, -0.2) is 6.29 Å². The number of hydrogen-bond acceptors (Lipinski definition) is 1. The lowest BCUT2D eigenvalue weighted by Gasteiger charge is -2.32. The number of rotatable bonds is 4. The molecular formula is C23H32O. The van der Waals surface area contributed by atoms with Crippen LogP contribution < -0.4 is 0 Å². The molecule has 130 valence electrons. The van der Waals surface area contributed by atoms with Crippen LogP contribution in [0.3, 0.4) is 0 Å². The molecule has 0 spiro atoms. The van der Waals surface area contributed by atoms with Gasteiger partial charge in [0, 0.05) is 0 Å². The zero-order chi connectivity index (χ0) is 17.6. The SMILES string of the molecule is CC1=C(/C=C/C(C)=C/C=C2\CCCC\C2=C/C=O)C(C)(C)CCC1. The van der Waals surface area contributed by atoms with Crippen molar-refractivity contribution < 1.29 is 4.79 Å². The van der Waals surface area contributed by atoms with Gasteiger partial charge in [0.05, 0.1) is 0 Å². The highest BCUT2D eigenvalue weighted by atomic mass is 16.1. The van der Waals surface area contributed by atoms with E-state index in [-0.39, 0.29) is 0 Å². The molecule has 0 atom stereocenters. The molecule has 0 bridgehead atoms. The summed E-state index contributed by atoms with van der Waals surface area (Å²) in [5.41, 5.74) is 7.15. The van der Waals surface area contributed by atoms with Gasteiger partial charge in [0.2, 0.25) is 0 Å². The number of carbonyl (C=O) groups excluding carboxylic acids is 1. The predicted molar refractivity (Wildman–Crippen MR) is 104 cm³/mol. The van der Waals surface area contributed by atoms with Crippen molar-refractivity contribution in [1.29, 1.82) is 0 Å². The molecule has 1 saturated carbocycles. The van der Waals surface area contributed by atoms with Crippen LogP contribution >= 0.6 is 0 Å². The first-order valence-electron chi connectivity index (χ1n) is 9.34. The van der Waals surface area contributed by atoms with Crippen LogP contribution in [0, 0.1) is 5.41 Å². The van der Waals surface area contributed by atoms with E-state index in [1.807, 2.05) is 0 Å². The molecule has 2 aliphatic rings. The number of aldehydes is 1. The Bertz CT molecular complexity index is 620.